The first-order valence-corrected chi connectivity index (χ1v) is 9.45. The van der Waals surface area contributed by atoms with Crippen LogP contribution in [0.25, 0.3) is 6.08 Å². The van der Waals surface area contributed by atoms with Crippen molar-refractivity contribution in [1.82, 2.24) is 4.90 Å². The molecular weight excluding hydrogens is 346 g/mol. The standard InChI is InChI=1S/C21H29NO5/c1-4-27-18-11-9-16(15-19(18)25-2)10-12-20(23)22(14-13-21(24)26-3)17-7-5-6-8-17/h9-12,15,17H,4-8,13-14H2,1-3H3/b12-10+. The number of carbonyl (C=O) groups is 2. The van der Waals surface area contributed by atoms with Gasteiger partial charge in [-0.15, -0.1) is 0 Å². The topological polar surface area (TPSA) is 65.1 Å². The predicted molar refractivity (Wildman–Crippen MR) is 104 cm³/mol. The first-order chi connectivity index (χ1) is 13.1. The van der Waals surface area contributed by atoms with Crippen molar-refractivity contribution in [2.45, 2.75) is 45.1 Å². The fraction of sp³-hybridized carbons (Fsp3) is 0.524. The van der Waals surface area contributed by atoms with Gasteiger partial charge in [0, 0.05) is 18.7 Å². The lowest BCUT2D eigenvalue weighted by Gasteiger charge is -2.27. The highest BCUT2D eigenvalue weighted by atomic mass is 16.5. The largest absolute Gasteiger partial charge is 0.493 e. The van der Waals surface area contributed by atoms with Crippen LogP contribution in [0.2, 0.25) is 0 Å². The predicted octanol–water partition coefficient (Wildman–Crippen LogP) is 3.44. The summed E-state index contributed by atoms with van der Waals surface area (Å²) in [6.45, 7) is 2.85. The molecule has 0 atom stereocenters. The van der Waals surface area contributed by atoms with Gasteiger partial charge in [0.15, 0.2) is 11.5 Å². The molecule has 1 aromatic rings. The molecule has 0 aromatic heterocycles. The van der Waals surface area contributed by atoms with Crippen molar-refractivity contribution in [3.63, 3.8) is 0 Å². The molecule has 1 aliphatic rings. The molecule has 0 saturated heterocycles. The number of amides is 1. The number of rotatable bonds is 9. The van der Waals surface area contributed by atoms with Gasteiger partial charge in [-0.05, 0) is 43.5 Å². The Kier molecular flexibility index (Phi) is 8.17. The zero-order valence-electron chi connectivity index (χ0n) is 16.4. The molecule has 1 saturated carbocycles. The number of methoxy groups -OCH3 is 2. The number of esters is 1. The Morgan fingerprint density at radius 2 is 1.93 bits per heavy atom. The van der Waals surface area contributed by atoms with E-state index in [4.69, 9.17) is 14.2 Å². The zero-order chi connectivity index (χ0) is 19.6. The average Bonchev–Trinajstić information content (AvgIpc) is 3.21. The summed E-state index contributed by atoms with van der Waals surface area (Å²) < 4.78 is 15.6. The summed E-state index contributed by atoms with van der Waals surface area (Å²) in [6, 6.07) is 5.74. The highest BCUT2D eigenvalue weighted by Gasteiger charge is 2.25. The second-order valence-corrected chi connectivity index (χ2v) is 6.47. The second kappa shape index (κ2) is 10.6. The van der Waals surface area contributed by atoms with Crippen LogP contribution in [0.4, 0.5) is 0 Å². The molecule has 27 heavy (non-hydrogen) atoms. The van der Waals surface area contributed by atoms with Crippen LogP contribution in [-0.2, 0) is 14.3 Å². The number of nitrogens with zero attached hydrogens (tertiary/aromatic N) is 1. The summed E-state index contributed by atoms with van der Waals surface area (Å²) >= 11 is 0. The van der Waals surface area contributed by atoms with Crippen molar-refractivity contribution in [1.29, 1.82) is 0 Å². The molecule has 6 nitrogen and oxygen atoms in total. The normalized spacial score (nSPS) is 14.3. The summed E-state index contributed by atoms with van der Waals surface area (Å²) in [5.74, 6) is 0.920. The van der Waals surface area contributed by atoms with Crippen molar-refractivity contribution in [3.8, 4) is 11.5 Å². The number of hydrogen-bond donors (Lipinski definition) is 0. The molecule has 6 heteroatoms. The molecule has 0 aliphatic heterocycles. The van der Waals surface area contributed by atoms with E-state index in [1.54, 1.807) is 24.2 Å². The van der Waals surface area contributed by atoms with E-state index in [0.717, 1.165) is 31.2 Å². The van der Waals surface area contributed by atoms with Gasteiger partial charge in [-0.1, -0.05) is 18.9 Å². The zero-order valence-corrected chi connectivity index (χ0v) is 16.4. The molecule has 2 rings (SSSR count). The van der Waals surface area contributed by atoms with Crippen molar-refractivity contribution >= 4 is 18.0 Å². The van der Waals surface area contributed by atoms with Gasteiger partial charge in [0.2, 0.25) is 5.91 Å². The van der Waals surface area contributed by atoms with Gasteiger partial charge in [-0.3, -0.25) is 9.59 Å². The van der Waals surface area contributed by atoms with Crippen LogP contribution in [0.5, 0.6) is 11.5 Å². The van der Waals surface area contributed by atoms with Crippen LogP contribution in [0.3, 0.4) is 0 Å². The van der Waals surface area contributed by atoms with Gasteiger partial charge in [-0.2, -0.15) is 0 Å². The average molecular weight is 375 g/mol. The molecule has 1 aliphatic carbocycles. The van der Waals surface area contributed by atoms with Gasteiger partial charge in [-0.25, -0.2) is 0 Å². The maximum absolute atomic E-state index is 12.8. The van der Waals surface area contributed by atoms with Crippen LogP contribution in [0.1, 0.15) is 44.6 Å². The van der Waals surface area contributed by atoms with Gasteiger partial charge in [0.25, 0.3) is 0 Å². The number of carbonyl (C=O) groups excluding carboxylic acids is 2. The Balaban J connectivity index is 2.09. The van der Waals surface area contributed by atoms with Gasteiger partial charge in [0.1, 0.15) is 0 Å². The smallest absolute Gasteiger partial charge is 0.307 e. The SMILES string of the molecule is CCOc1ccc(/C=C/C(=O)N(CCC(=O)OC)C2CCCC2)cc1OC. The fourth-order valence-electron chi connectivity index (χ4n) is 3.33. The maximum atomic E-state index is 12.8. The number of benzene rings is 1. The van der Waals surface area contributed by atoms with Crippen molar-refractivity contribution < 1.29 is 23.8 Å². The summed E-state index contributed by atoms with van der Waals surface area (Å²) in [5.41, 5.74) is 0.850. The van der Waals surface area contributed by atoms with E-state index in [9.17, 15) is 9.59 Å². The molecule has 1 amide bonds. The van der Waals surface area contributed by atoms with Crippen LogP contribution in [0, 0.1) is 0 Å². The van der Waals surface area contributed by atoms with Crippen molar-refractivity contribution in [2.75, 3.05) is 27.4 Å². The number of hydrogen-bond acceptors (Lipinski definition) is 5. The van der Waals surface area contributed by atoms with Crippen LogP contribution < -0.4 is 9.47 Å². The van der Waals surface area contributed by atoms with Crippen LogP contribution in [-0.4, -0.2) is 50.2 Å². The Bertz CT molecular complexity index is 665. The molecule has 1 aromatic carbocycles. The third kappa shape index (κ3) is 6.01. The van der Waals surface area contributed by atoms with Crippen molar-refractivity contribution in [2.24, 2.45) is 0 Å². The van der Waals surface area contributed by atoms with E-state index in [1.807, 2.05) is 25.1 Å². The van der Waals surface area contributed by atoms with E-state index in [1.165, 1.54) is 7.11 Å². The summed E-state index contributed by atoms with van der Waals surface area (Å²) in [7, 11) is 2.95. The van der Waals surface area contributed by atoms with Crippen LogP contribution in [0.15, 0.2) is 24.3 Å². The molecule has 0 bridgehead atoms. The third-order valence-electron chi connectivity index (χ3n) is 4.74. The van der Waals surface area contributed by atoms with E-state index in [-0.39, 0.29) is 24.3 Å². The lowest BCUT2D eigenvalue weighted by molar-refractivity contribution is -0.141. The van der Waals surface area contributed by atoms with Crippen molar-refractivity contribution in [3.05, 3.63) is 29.8 Å². The van der Waals surface area contributed by atoms with Gasteiger partial charge >= 0.3 is 5.97 Å². The first kappa shape index (κ1) is 20.8. The van der Waals surface area contributed by atoms with E-state index in [2.05, 4.69) is 0 Å². The van der Waals surface area contributed by atoms with Crippen LogP contribution >= 0.6 is 0 Å². The minimum Gasteiger partial charge on any atom is -0.493 e. The Morgan fingerprint density at radius 1 is 1.19 bits per heavy atom. The fourth-order valence-corrected chi connectivity index (χ4v) is 3.33. The molecular formula is C21H29NO5. The molecule has 0 spiro atoms. The highest BCUT2D eigenvalue weighted by Crippen LogP contribution is 2.29. The van der Waals surface area contributed by atoms with E-state index >= 15 is 0 Å². The quantitative estimate of drug-likeness (QED) is 0.489. The molecule has 148 valence electrons. The van der Waals surface area contributed by atoms with Gasteiger partial charge in [0.05, 0.1) is 27.2 Å². The van der Waals surface area contributed by atoms with Gasteiger partial charge < -0.3 is 19.1 Å². The molecule has 0 N–H and O–H groups in total. The van der Waals surface area contributed by atoms with E-state index in [0.29, 0.717) is 24.7 Å². The third-order valence-corrected chi connectivity index (χ3v) is 4.74. The maximum Gasteiger partial charge on any atom is 0.307 e. The van der Waals surface area contributed by atoms with E-state index < -0.39 is 0 Å². The molecule has 0 heterocycles. The Morgan fingerprint density at radius 3 is 2.56 bits per heavy atom. The Hall–Kier alpha value is -2.50. The first-order valence-electron chi connectivity index (χ1n) is 9.45. The lowest BCUT2D eigenvalue weighted by atomic mass is 10.1. The molecule has 1 fully saturated rings. The minimum absolute atomic E-state index is 0.0846. The number of ether oxygens (including phenoxy) is 3. The summed E-state index contributed by atoms with van der Waals surface area (Å²) in [5, 5.41) is 0. The minimum atomic E-state index is -0.300. The molecule has 0 radical (unpaired) electrons. The second-order valence-electron chi connectivity index (χ2n) is 6.47. The Labute approximate surface area is 161 Å². The lowest BCUT2D eigenvalue weighted by Crippen LogP contribution is -2.39. The monoisotopic (exact) mass is 375 g/mol. The molecule has 0 unspecified atom stereocenters. The summed E-state index contributed by atoms with van der Waals surface area (Å²) in [4.78, 5) is 26.0. The highest BCUT2D eigenvalue weighted by molar-refractivity contribution is 5.92. The summed E-state index contributed by atoms with van der Waals surface area (Å²) in [6.07, 6.45) is 7.74.